The number of nitrogens with zero attached hydrogens (tertiary/aromatic N) is 1. The number of allylic oxidation sites excluding steroid dienone is 1. The van der Waals surface area contributed by atoms with Crippen LogP contribution in [0.4, 0.5) is 4.79 Å². The van der Waals surface area contributed by atoms with Gasteiger partial charge in [0.15, 0.2) is 0 Å². The first-order valence-electron chi connectivity index (χ1n) is 6.58. The van der Waals surface area contributed by atoms with Gasteiger partial charge in [-0.1, -0.05) is 12.1 Å². The molecule has 1 heterocycles. The maximum absolute atomic E-state index is 12.4. The Hall–Kier alpha value is -1.95. The molecule has 0 saturated heterocycles. The zero-order chi connectivity index (χ0) is 15.6. The molecule has 0 aliphatic carbocycles. The Morgan fingerprint density at radius 2 is 1.86 bits per heavy atom. The summed E-state index contributed by atoms with van der Waals surface area (Å²) in [7, 11) is 3.40. The average Bonchev–Trinajstić information content (AvgIpc) is 2.46. The van der Waals surface area contributed by atoms with Crippen LogP contribution >= 0.6 is 11.8 Å². The van der Waals surface area contributed by atoms with Crippen molar-refractivity contribution in [3.8, 4) is 0 Å². The summed E-state index contributed by atoms with van der Waals surface area (Å²) in [6.07, 6.45) is 2.01. The Morgan fingerprint density at radius 3 is 2.38 bits per heavy atom. The summed E-state index contributed by atoms with van der Waals surface area (Å²) >= 11 is 1.65. The van der Waals surface area contributed by atoms with Crippen molar-refractivity contribution in [2.24, 2.45) is 0 Å². The molecule has 0 fully saturated rings. The second-order valence-electron chi connectivity index (χ2n) is 5.04. The first-order chi connectivity index (χ1) is 9.93. The van der Waals surface area contributed by atoms with Crippen LogP contribution in [0.5, 0.6) is 0 Å². The van der Waals surface area contributed by atoms with E-state index < -0.39 is 6.04 Å². The number of hydrogen-bond donors (Lipinski definition) is 2. The van der Waals surface area contributed by atoms with Crippen LogP contribution in [-0.2, 0) is 4.79 Å². The van der Waals surface area contributed by atoms with Gasteiger partial charge in [0, 0.05) is 24.7 Å². The van der Waals surface area contributed by atoms with Crippen LogP contribution in [0, 0.1) is 0 Å². The third kappa shape index (κ3) is 3.21. The third-order valence-electron chi connectivity index (χ3n) is 3.35. The van der Waals surface area contributed by atoms with Crippen molar-refractivity contribution in [2.75, 3.05) is 20.4 Å². The van der Waals surface area contributed by atoms with Gasteiger partial charge < -0.3 is 15.5 Å². The molecular weight excluding hydrogens is 286 g/mol. The first kappa shape index (κ1) is 15.4. The fraction of sp³-hybridized carbons (Fsp3) is 0.333. The van der Waals surface area contributed by atoms with Gasteiger partial charge in [-0.05, 0) is 30.9 Å². The number of hydrogen-bond acceptors (Lipinski definition) is 3. The molecule has 6 heteroatoms. The topological polar surface area (TPSA) is 61.4 Å². The largest absolute Gasteiger partial charge is 0.345 e. The van der Waals surface area contributed by atoms with E-state index in [1.165, 1.54) is 4.90 Å². The molecule has 2 N–H and O–H groups in total. The molecule has 1 aromatic rings. The number of thioether (sulfide) groups is 1. The lowest BCUT2D eigenvalue weighted by Gasteiger charge is -2.30. The molecule has 0 radical (unpaired) electrons. The van der Waals surface area contributed by atoms with E-state index in [9.17, 15) is 9.59 Å². The number of carbonyl (C=O) groups is 2. The molecule has 0 bridgehead atoms. The summed E-state index contributed by atoms with van der Waals surface area (Å²) in [5.41, 5.74) is 2.06. The van der Waals surface area contributed by atoms with Gasteiger partial charge in [0.1, 0.15) is 0 Å². The van der Waals surface area contributed by atoms with Gasteiger partial charge in [-0.2, -0.15) is 0 Å². The van der Waals surface area contributed by atoms with Crippen molar-refractivity contribution in [1.29, 1.82) is 0 Å². The molecular formula is C15H19N3O2S. The minimum absolute atomic E-state index is 0.112. The van der Waals surface area contributed by atoms with E-state index in [1.54, 1.807) is 32.8 Å². The van der Waals surface area contributed by atoms with Crippen LogP contribution in [0.2, 0.25) is 0 Å². The van der Waals surface area contributed by atoms with Crippen molar-refractivity contribution in [1.82, 2.24) is 15.5 Å². The summed E-state index contributed by atoms with van der Waals surface area (Å²) in [6.45, 7) is 1.75. The van der Waals surface area contributed by atoms with Gasteiger partial charge in [0.2, 0.25) is 0 Å². The Kier molecular flexibility index (Phi) is 4.57. The van der Waals surface area contributed by atoms with Gasteiger partial charge >= 0.3 is 6.03 Å². The Morgan fingerprint density at radius 1 is 1.24 bits per heavy atom. The molecule has 0 saturated carbocycles. The third-order valence-corrected chi connectivity index (χ3v) is 4.10. The van der Waals surface area contributed by atoms with E-state index >= 15 is 0 Å². The Balaban J connectivity index is 2.44. The molecule has 21 heavy (non-hydrogen) atoms. The van der Waals surface area contributed by atoms with Crippen LogP contribution in [0.15, 0.2) is 40.4 Å². The van der Waals surface area contributed by atoms with E-state index in [0.29, 0.717) is 11.3 Å². The number of nitrogens with one attached hydrogen (secondary N) is 2. The second-order valence-corrected chi connectivity index (χ2v) is 5.92. The predicted molar refractivity (Wildman–Crippen MR) is 84.0 cm³/mol. The fourth-order valence-electron chi connectivity index (χ4n) is 2.26. The van der Waals surface area contributed by atoms with Crippen LogP contribution < -0.4 is 10.6 Å². The molecule has 112 valence electrons. The highest BCUT2D eigenvalue weighted by molar-refractivity contribution is 7.98. The van der Waals surface area contributed by atoms with E-state index in [4.69, 9.17) is 0 Å². The zero-order valence-electron chi connectivity index (χ0n) is 12.6. The molecule has 1 aliphatic rings. The molecule has 0 aromatic heterocycles. The van der Waals surface area contributed by atoms with Crippen molar-refractivity contribution in [3.63, 3.8) is 0 Å². The number of amides is 3. The SMILES string of the molecule is CSc1ccc([C@@H]2NC(=O)NC(C)=C2C(=O)N(C)C)cc1. The molecule has 1 aromatic carbocycles. The highest BCUT2D eigenvalue weighted by atomic mass is 32.2. The number of urea groups is 1. The summed E-state index contributed by atoms with van der Waals surface area (Å²) in [6, 6.07) is 7.14. The molecule has 0 spiro atoms. The molecule has 3 amide bonds. The minimum Gasteiger partial charge on any atom is -0.345 e. The van der Waals surface area contributed by atoms with Crippen molar-refractivity contribution < 1.29 is 9.59 Å². The summed E-state index contributed by atoms with van der Waals surface area (Å²) in [5, 5.41) is 5.49. The zero-order valence-corrected chi connectivity index (χ0v) is 13.4. The number of benzene rings is 1. The van der Waals surface area contributed by atoms with Gasteiger partial charge in [-0.25, -0.2) is 4.79 Å². The lowest BCUT2D eigenvalue weighted by molar-refractivity contribution is -0.125. The van der Waals surface area contributed by atoms with E-state index in [2.05, 4.69) is 10.6 Å². The van der Waals surface area contributed by atoms with E-state index in [1.807, 2.05) is 30.5 Å². The van der Waals surface area contributed by atoms with Crippen LogP contribution in [0.25, 0.3) is 0 Å². The molecule has 2 rings (SSSR count). The molecule has 1 atom stereocenters. The maximum Gasteiger partial charge on any atom is 0.319 e. The van der Waals surface area contributed by atoms with Crippen LogP contribution in [0.1, 0.15) is 18.5 Å². The highest BCUT2D eigenvalue weighted by Crippen LogP contribution is 2.28. The lowest BCUT2D eigenvalue weighted by atomic mass is 9.94. The maximum atomic E-state index is 12.4. The lowest BCUT2D eigenvalue weighted by Crippen LogP contribution is -2.46. The second kappa shape index (κ2) is 6.22. The summed E-state index contributed by atoms with van der Waals surface area (Å²) < 4.78 is 0. The normalized spacial score (nSPS) is 18.1. The van der Waals surface area contributed by atoms with Crippen LogP contribution in [-0.4, -0.2) is 37.2 Å². The number of likely N-dealkylation sites (N-methyl/N-ethyl adjacent to an activating group) is 1. The van der Waals surface area contributed by atoms with Gasteiger partial charge in [-0.3, -0.25) is 4.79 Å². The van der Waals surface area contributed by atoms with Crippen molar-refractivity contribution in [3.05, 3.63) is 41.1 Å². The van der Waals surface area contributed by atoms with Gasteiger partial charge in [0.05, 0.1) is 11.6 Å². The summed E-state index contributed by atoms with van der Waals surface area (Å²) in [4.78, 5) is 26.8. The highest BCUT2D eigenvalue weighted by Gasteiger charge is 2.31. The Bertz CT molecular complexity index is 593. The smallest absolute Gasteiger partial charge is 0.319 e. The molecule has 5 nitrogen and oxygen atoms in total. The number of carbonyl (C=O) groups excluding carboxylic acids is 2. The standard InChI is InChI=1S/C15H19N3O2S/c1-9-12(14(19)18(2)3)13(17-15(20)16-9)10-5-7-11(21-4)8-6-10/h5-8,13H,1-4H3,(H2,16,17,20)/t13-/m0/s1. The van der Waals surface area contributed by atoms with Crippen LogP contribution in [0.3, 0.4) is 0 Å². The van der Waals surface area contributed by atoms with E-state index in [-0.39, 0.29) is 11.9 Å². The molecule has 0 unspecified atom stereocenters. The summed E-state index contributed by atoms with van der Waals surface area (Å²) in [5.74, 6) is -0.112. The number of rotatable bonds is 3. The van der Waals surface area contributed by atoms with Crippen molar-refractivity contribution in [2.45, 2.75) is 17.9 Å². The van der Waals surface area contributed by atoms with Gasteiger partial charge in [-0.15, -0.1) is 11.8 Å². The van der Waals surface area contributed by atoms with Gasteiger partial charge in [0.25, 0.3) is 5.91 Å². The fourth-order valence-corrected chi connectivity index (χ4v) is 2.67. The molecule has 1 aliphatic heterocycles. The van der Waals surface area contributed by atoms with E-state index in [0.717, 1.165) is 10.5 Å². The average molecular weight is 305 g/mol. The quantitative estimate of drug-likeness (QED) is 0.841. The van der Waals surface area contributed by atoms with Crippen molar-refractivity contribution >= 4 is 23.7 Å². The minimum atomic E-state index is -0.426. The predicted octanol–water partition coefficient (Wildman–Crippen LogP) is 2.12. The first-order valence-corrected chi connectivity index (χ1v) is 7.80. The Labute approximate surface area is 128 Å². The monoisotopic (exact) mass is 305 g/mol.